The van der Waals surface area contributed by atoms with Crippen LogP contribution in [0.3, 0.4) is 0 Å². The van der Waals surface area contributed by atoms with Gasteiger partial charge in [0.05, 0.1) is 0 Å². The van der Waals surface area contributed by atoms with E-state index in [-0.39, 0.29) is 0 Å². The molecule has 0 aromatic heterocycles. The Labute approximate surface area is 107 Å². The van der Waals surface area contributed by atoms with Gasteiger partial charge in [0, 0.05) is 12.6 Å². The van der Waals surface area contributed by atoms with Gasteiger partial charge in [-0.1, -0.05) is 20.3 Å². The Bertz CT molecular complexity index is 217. The van der Waals surface area contributed by atoms with Crippen LogP contribution in [0.2, 0.25) is 0 Å². The van der Waals surface area contributed by atoms with E-state index in [9.17, 15) is 0 Å². The molecule has 2 nitrogen and oxygen atoms in total. The van der Waals surface area contributed by atoms with E-state index in [2.05, 4.69) is 24.1 Å². The zero-order valence-electron chi connectivity index (χ0n) is 11.8. The highest BCUT2D eigenvalue weighted by Gasteiger charge is 2.23. The van der Waals surface area contributed by atoms with Gasteiger partial charge in [0.1, 0.15) is 0 Å². The third kappa shape index (κ3) is 4.26. The fourth-order valence-electron chi connectivity index (χ4n) is 3.42. The highest BCUT2D eigenvalue weighted by Crippen LogP contribution is 2.21. The van der Waals surface area contributed by atoms with Crippen molar-refractivity contribution in [3.8, 4) is 0 Å². The van der Waals surface area contributed by atoms with E-state index in [1.165, 1.54) is 64.7 Å². The Morgan fingerprint density at radius 1 is 1.18 bits per heavy atom. The Morgan fingerprint density at radius 2 is 2.06 bits per heavy atom. The van der Waals surface area contributed by atoms with Gasteiger partial charge in [-0.3, -0.25) is 0 Å². The third-order valence-corrected chi connectivity index (χ3v) is 4.77. The standard InChI is InChI=1S/C15H30N2/c1-3-14-6-8-16-15(11-14)12-17-9-4-5-13(2)7-10-17/h13-16H,3-12H2,1-2H3. The van der Waals surface area contributed by atoms with E-state index in [0.717, 1.165) is 17.9 Å². The monoisotopic (exact) mass is 238 g/mol. The number of hydrogen-bond acceptors (Lipinski definition) is 2. The van der Waals surface area contributed by atoms with Gasteiger partial charge in [-0.05, 0) is 63.6 Å². The van der Waals surface area contributed by atoms with Gasteiger partial charge in [0.25, 0.3) is 0 Å². The summed E-state index contributed by atoms with van der Waals surface area (Å²) in [5, 5.41) is 3.72. The maximum Gasteiger partial charge on any atom is 0.0197 e. The number of nitrogens with zero attached hydrogens (tertiary/aromatic N) is 1. The first-order chi connectivity index (χ1) is 8.28. The summed E-state index contributed by atoms with van der Waals surface area (Å²) in [6.07, 6.45) is 8.42. The first kappa shape index (κ1) is 13.4. The quantitative estimate of drug-likeness (QED) is 0.813. The molecule has 2 aliphatic rings. The molecule has 0 bridgehead atoms. The molecule has 2 fully saturated rings. The average Bonchev–Trinajstić information content (AvgIpc) is 2.55. The summed E-state index contributed by atoms with van der Waals surface area (Å²) in [6.45, 7) is 9.96. The summed E-state index contributed by atoms with van der Waals surface area (Å²) in [4.78, 5) is 2.71. The largest absolute Gasteiger partial charge is 0.313 e. The average molecular weight is 238 g/mol. The van der Waals surface area contributed by atoms with E-state index in [1.807, 2.05) is 0 Å². The summed E-state index contributed by atoms with van der Waals surface area (Å²) >= 11 is 0. The molecule has 3 atom stereocenters. The van der Waals surface area contributed by atoms with Crippen molar-refractivity contribution >= 4 is 0 Å². The molecular weight excluding hydrogens is 208 g/mol. The van der Waals surface area contributed by atoms with E-state index < -0.39 is 0 Å². The molecule has 2 rings (SSSR count). The normalized spacial score (nSPS) is 36.7. The van der Waals surface area contributed by atoms with E-state index in [4.69, 9.17) is 0 Å². The lowest BCUT2D eigenvalue weighted by Crippen LogP contribution is -2.46. The van der Waals surface area contributed by atoms with E-state index >= 15 is 0 Å². The second-order valence-electron chi connectivity index (χ2n) is 6.29. The zero-order chi connectivity index (χ0) is 12.1. The van der Waals surface area contributed by atoms with Gasteiger partial charge in [-0.2, -0.15) is 0 Å². The zero-order valence-corrected chi connectivity index (χ0v) is 11.8. The van der Waals surface area contributed by atoms with Crippen molar-refractivity contribution in [2.45, 2.75) is 58.4 Å². The van der Waals surface area contributed by atoms with Crippen LogP contribution in [0, 0.1) is 11.8 Å². The van der Waals surface area contributed by atoms with Crippen LogP contribution in [0.25, 0.3) is 0 Å². The predicted molar refractivity (Wildman–Crippen MR) is 74.3 cm³/mol. The van der Waals surface area contributed by atoms with Crippen molar-refractivity contribution in [2.24, 2.45) is 11.8 Å². The molecule has 2 heterocycles. The van der Waals surface area contributed by atoms with Gasteiger partial charge in [-0.25, -0.2) is 0 Å². The van der Waals surface area contributed by atoms with Gasteiger partial charge in [-0.15, -0.1) is 0 Å². The first-order valence-corrected chi connectivity index (χ1v) is 7.73. The predicted octanol–water partition coefficient (Wildman–Crippen LogP) is 2.89. The lowest BCUT2D eigenvalue weighted by molar-refractivity contribution is 0.202. The van der Waals surface area contributed by atoms with Crippen LogP contribution in [0.5, 0.6) is 0 Å². The summed E-state index contributed by atoms with van der Waals surface area (Å²) < 4.78 is 0. The van der Waals surface area contributed by atoms with Gasteiger partial charge < -0.3 is 10.2 Å². The number of likely N-dealkylation sites (tertiary alicyclic amines) is 1. The molecule has 0 saturated carbocycles. The van der Waals surface area contributed by atoms with Crippen molar-refractivity contribution in [2.75, 3.05) is 26.2 Å². The Hall–Kier alpha value is -0.0800. The second-order valence-corrected chi connectivity index (χ2v) is 6.29. The minimum atomic E-state index is 0.766. The molecule has 0 radical (unpaired) electrons. The Morgan fingerprint density at radius 3 is 2.88 bits per heavy atom. The van der Waals surface area contributed by atoms with Crippen molar-refractivity contribution < 1.29 is 0 Å². The number of rotatable bonds is 3. The van der Waals surface area contributed by atoms with E-state index in [0.29, 0.717) is 0 Å². The van der Waals surface area contributed by atoms with Crippen LogP contribution >= 0.6 is 0 Å². The lowest BCUT2D eigenvalue weighted by Gasteiger charge is -2.33. The fraction of sp³-hybridized carbons (Fsp3) is 1.00. The van der Waals surface area contributed by atoms with Crippen molar-refractivity contribution in [3.05, 3.63) is 0 Å². The number of hydrogen-bond donors (Lipinski definition) is 1. The highest BCUT2D eigenvalue weighted by atomic mass is 15.1. The van der Waals surface area contributed by atoms with Crippen LogP contribution in [-0.2, 0) is 0 Å². The molecule has 0 aromatic rings. The molecule has 0 amide bonds. The maximum atomic E-state index is 3.72. The van der Waals surface area contributed by atoms with Gasteiger partial charge in [0.2, 0.25) is 0 Å². The Balaban J connectivity index is 1.75. The molecule has 2 heteroatoms. The van der Waals surface area contributed by atoms with E-state index in [1.54, 1.807) is 0 Å². The molecule has 0 aliphatic carbocycles. The number of piperidine rings is 1. The highest BCUT2D eigenvalue weighted by molar-refractivity contribution is 4.81. The topological polar surface area (TPSA) is 15.3 Å². The summed E-state index contributed by atoms with van der Waals surface area (Å²) in [6, 6.07) is 0.766. The smallest absolute Gasteiger partial charge is 0.0197 e. The van der Waals surface area contributed by atoms with Crippen molar-refractivity contribution in [1.29, 1.82) is 0 Å². The van der Waals surface area contributed by atoms with Crippen LogP contribution in [0.1, 0.15) is 52.4 Å². The lowest BCUT2D eigenvalue weighted by atomic mass is 9.90. The van der Waals surface area contributed by atoms with Crippen molar-refractivity contribution in [1.82, 2.24) is 10.2 Å². The minimum absolute atomic E-state index is 0.766. The minimum Gasteiger partial charge on any atom is -0.313 e. The van der Waals surface area contributed by atoms with Gasteiger partial charge in [0.15, 0.2) is 0 Å². The summed E-state index contributed by atoms with van der Waals surface area (Å²) in [7, 11) is 0. The molecule has 0 aromatic carbocycles. The fourth-order valence-corrected chi connectivity index (χ4v) is 3.42. The molecule has 2 aliphatic heterocycles. The van der Waals surface area contributed by atoms with Crippen LogP contribution < -0.4 is 5.32 Å². The SMILES string of the molecule is CCC1CCNC(CN2CCCC(C)CC2)C1. The van der Waals surface area contributed by atoms with Crippen molar-refractivity contribution in [3.63, 3.8) is 0 Å². The molecule has 100 valence electrons. The second kappa shape index (κ2) is 6.75. The molecular formula is C15H30N2. The molecule has 1 N–H and O–H groups in total. The third-order valence-electron chi connectivity index (χ3n) is 4.77. The maximum absolute atomic E-state index is 3.72. The first-order valence-electron chi connectivity index (χ1n) is 7.73. The van der Waals surface area contributed by atoms with Gasteiger partial charge >= 0.3 is 0 Å². The van der Waals surface area contributed by atoms with Crippen LogP contribution in [0.4, 0.5) is 0 Å². The Kier molecular flexibility index (Phi) is 5.30. The summed E-state index contributed by atoms with van der Waals surface area (Å²) in [5.41, 5.74) is 0. The van der Waals surface area contributed by atoms with Crippen LogP contribution in [-0.4, -0.2) is 37.1 Å². The molecule has 2 saturated heterocycles. The molecule has 17 heavy (non-hydrogen) atoms. The summed E-state index contributed by atoms with van der Waals surface area (Å²) in [5.74, 6) is 1.93. The van der Waals surface area contributed by atoms with Crippen LogP contribution in [0.15, 0.2) is 0 Å². The number of nitrogens with one attached hydrogen (secondary N) is 1. The molecule has 3 unspecified atom stereocenters. The molecule has 0 spiro atoms.